The molecule has 2 aromatic rings. The van der Waals surface area contributed by atoms with Gasteiger partial charge >= 0.3 is 0 Å². The predicted octanol–water partition coefficient (Wildman–Crippen LogP) is 2.57. The molecule has 1 aliphatic heterocycles. The van der Waals surface area contributed by atoms with Crippen LogP contribution in [0, 0.1) is 10.1 Å². The minimum atomic E-state index is -0.955. The van der Waals surface area contributed by atoms with Crippen LogP contribution in [0.25, 0.3) is 6.08 Å². The maximum Gasteiger partial charge on any atom is 0.290 e. The molecule has 0 fully saturated rings. The summed E-state index contributed by atoms with van der Waals surface area (Å²) in [7, 11) is 0. The molecule has 8 heteroatoms. The molecule has 3 rings (SSSR count). The third-order valence-electron chi connectivity index (χ3n) is 4.56. The number of hydrogen-bond acceptors (Lipinski definition) is 6. The van der Waals surface area contributed by atoms with Gasteiger partial charge in [-0.3, -0.25) is 19.7 Å². The average Bonchev–Trinajstić information content (AvgIpc) is 2.98. The lowest BCUT2D eigenvalue weighted by Crippen LogP contribution is -2.33. The van der Waals surface area contributed by atoms with Crippen LogP contribution in [0.2, 0.25) is 0 Å². The summed E-state index contributed by atoms with van der Waals surface area (Å²) in [5.74, 6) is -2.04. The molecule has 1 amide bonds. The van der Waals surface area contributed by atoms with Gasteiger partial charge in [0, 0.05) is 18.7 Å². The lowest BCUT2D eigenvalue weighted by atomic mass is 9.95. The topological polar surface area (TPSA) is 121 Å². The molecule has 0 radical (unpaired) electrons. The smallest absolute Gasteiger partial charge is 0.290 e. The standard InChI is InChI=1S/C21H18N2O6/c24-13-12-22-19(15-7-9-16(10-8-15)23(28)29)18(20(26)21(22)27)17(25)11-6-14-4-2-1-3-5-14/h1-11,19,24,26H,12-13H2. The number of amides is 1. The number of nitrogens with zero attached hydrogens (tertiary/aromatic N) is 2. The summed E-state index contributed by atoms with van der Waals surface area (Å²) in [6.07, 6.45) is 2.82. The number of allylic oxidation sites excluding steroid dienone is 1. The second kappa shape index (κ2) is 8.49. The van der Waals surface area contributed by atoms with Crippen LogP contribution in [0.15, 0.2) is 72.0 Å². The Morgan fingerprint density at radius 1 is 1.14 bits per heavy atom. The number of nitro benzene ring substituents is 1. The van der Waals surface area contributed by atoms with Gasteiger partial charge in [-0.2, -0.15) is 0 Å². The van der Waals surface area contributed by atoms with Crippen LogP contribution >= 0.6 is 0 Å². The number of β-amino-alcohol motifs (C(OH)–C–C–N with tert-alkyl or cyclic N) is 1. The highest BCUT2D eigenvalue weighted by Crippen LogP contribution is 2.38. The van der Waals surface area contributed by atoms with E-state index in [1.165, 1.54) is 35.2 Å². The minimum Gasteiger partial charge on any atom is -0.503 e. The van der Waals surface area contributed by atoms with Crippen molar-refractivity contribution in [2.75, 3.05) is 13.2 Å². The van der Waals surface area contributed by atoms with Crippen molar-refractivity contribution >= 4 is 23.5 Å². The summed E-state index contributed by atoms with van der Waals surface area (Å²) in [5.41, 5.74) is 0.906. The third kappa shape index (κ3) is 4.07. The van der Waals surface area contributed by atoms with E-state index >= 15 is 0 Å². The first-order valence-corrected chi connectivity index (χ1v) is 8.80. The summed E-state index contributed by atoms with van der Waals surface area (Å²) in [5, 5.41) is 30.5. The van der Waals surface area contributed by atoms with Crippen molar-refractivity contribution in [3.05, 3.63) is 93.2 Å². The fourth-order valence-corrected chi connectivity index (χ4v) is 3.19. The number of aliphatic hydroxyl groups excluding tert-OH is 2. The highest BCUT2D eigenvalue weighted by atomic mass is 16.6. The van der Waals surface area contributed by atoms with Crippen molar-refractivity contribution in [3.63, 3.8) is 0 Å². The first kappa shape index (κ1) is 20.0. The molecule has 148 valence electrons. The molecule has 0 saturated heterocycles. The zero-order valence-corrected chi connectivity index (χ0v) is 15.3. The number of benzene rings is 2. The summed E-state index contributed by atoms with van der Waals surface area (Å²) in [6.45, 7) is -0.479. The van der Waals surface area contributed by atoms with E-state index < -0.39 is 28.4 Å². The van der Waals surface area contributed by atoms with Crippen LogP contribution in [-0.4, -0.2) is 44.9 Å². The number of rotatable bonds is 7. The number of hydrogen-bond donors (Lipinski definition) is 2. The quantitative estimate of drug-likeness (QED) is 0.423. The van der Waals surface area contributed by atoms with Gasteiger partial charge in [-0.1, -0.05) is 36.4 Å². The van der Waals surface area contributed by atoms with E-state index in [9.17, 15) is 29.9 Å². The zero-order chi connectivity index (χ0) is 21.0. The SMILES string of the molecule is O=C(C=Cc1ccccc1)C1=C(O)C(=O)N(CCO)C1c1ccc([N+](=O)[O-])cc1. The molecule has 8 nitrogen and oxygen atoms in total. The fourth-order valence-electron chi connectivity index (χ4n) is 3.19. The summed E-state index contributed by atoms with van der Waals surface area (Å²) in [6, 6.07) is 13.4. The van der Waals surface area contributed by atoms with Gasteiger partial charge in [-0.25, -0.2) is 0 Å². The van der Waals surface area contributed by atoms with E-state index in [1.54, 1.807) is 18.2 Å². The van der Waals surface area contributed by atoms with Crippen molar-refractivity contribution in [2.24, 2.45) is 0 Å². The third-order valence-corrected chi connectivity index (χ3v) is 4.56. The summed E-state index contributed by atoms with van der Waals surface area (Å²) in [4.78, 5) is 36.8. The van der Waals surface area contributed by atoms with Gasteiger partial charge in [0.1, 0.15) is 0 Å². The van der Waals surface area contributed by atoms with Crippen LogP contribution in [0.3, 0.4) is 0 Å². The van der Waals surface area contributed by atoms with Crippen LogP contribution in [0.5, 0.6) is 0 Å². The largest absolute Gasteiger partial charge is 0.503 e. The van der Waals surface area contributed by atoms with Gasteiger partial charge in [0.15, 0.2) is 11.5 Å². The number of non-ortho nitro benzene ring substituents is 1. The molecular formula is C21H18N2O6. The Morgan fingerprint density at radius 3 is 2.38 bits per heavy atom. The van der Waals surface area contributed by atoms with Crippen LogP contribution in [0.4, 0.5) is 5.69 Å². The molecule has 1 aliphatic rings. The van der Waals surface area contributed by atoms with Gasteiger partial charge in [-0.15, -0.1) is 0 Å². The van der Waals surface area contributed by atoms with E-state index in [-0.39, 0.29) is 24.4 Å². The zero-order valence-electron chi connectivity index (χ0n) is 15.3. The molecule has 0 spiro atoms. The molecule has 0 saturated carbocycles. The van der Waals surface area contributed by atoms with Crippen LogP contribution < -0.4 is 0 Å². The Hall–Kier alpha value is -3.78. The molecule has 2 aromatic carbocycles. The number of carbonyl (C=O) groups excluding carboxylic acids is 2. The van der Waals surface area contributed by atoms with E-state index in [1.807, 2.05) is 18.2 Å². The second-order valence-electron chi connectivity index (χ2n) is 6.34. The van der Waals surface area contributed by atoms with Crippen molar-refractivity contribution < 1.29 is 24.7 Å². The van der Waals surface area contributed by atoms with Crippen molar-refractivity contribution in [1.29, 1.82) is 0 Å². The number of ketones is 1. The van der Waals surface area contributed by atoms with Gasteiger partial charge in [-0.05, 0) is 29.3 Å². The monoisotopic (exact) mass is 394 g/mol. The lowest BCUT2D eigenvalue weighted by molar-refractivity contribution is -0.384. The first-order chi connectivity index (χ1) is 13.9. The Labute approximate surface area is 166 Å². The van der Waals surface area contributed by atoms with Crippen molar-refractivity contribution in [1.82, 2.24) is 4.90 Å². The number of nitro groups is 1. The molecule has 2 N–H and O–H groups in total. The molecule has 1 unspecified atom stereocenters. The minimum absolute atomic E-state index is 0.107. The molecule has 0 aromatic heterocycles. The molecule has 1 heterocycles. The highest BCUT2D eigenvalue weighted by Gasteiger charge is 2.42. The highest BCUT2D eigenvalue weighted by molar-refractivity contribution is 6.14. The van der Waals surface area contributed by atoms with Crippen LogP contribution in [-0.2, 0) is 9.59 Å². The molecule has 29 heavy (non-hydrogen) atoms. The maximum absolute atomic E-state index is 12.8. The second-order valence-corrected chi connectivity index (χ2v) is 6.34. The van der Waals surface area contributed by atoms with Crippen molar-refractivity contribution in [3.8, 4) is 0 Å². The Morgan fingerprint density at radius 2 is 1.79 bits per heavy atom. The van der Waals surface area contributed by atoms with E-state index in [2.05, 4.69) is 0 Å². The lowest BCUT2D eigenvalue weighted by Gasteiger charge is -2.25. The molecule has 1 atom stereocenters. The van der Waals surface area contributed by atoms with E-state index in [0.29, 0.717) is 5.56 Å². The maximum atomic E-state index is 12.8. The van der Waals surface area contributed by atoms with Gasteiger partial charge < -0.3 is 15.1 Å². The normalized spacial score (nSPS) is 16.7. The molecular weight excluding hydrogens is 376 g/mol. The Balaban J connectivity index is 1.99. The fraction of sp³-hybridized carbons (Fsp3) is 0.143. The number of carbonyl (C=O) groups is 2. The van der Waals surface area contributed by atoms with Gasteiger partial charge in [0.2, 0.25) is 0 Å². The predicted molar refractivity (Wildman–Crippen MR) is 105 cm³/mol. The average molecular weight is 394 g/mol. The number of aliphatic hydroxyl groups is 2. The Kier molecular flexibility index (Phi) is 5.85. The van der Waals surface area contributed by atoms with Gasteiger partial charge in [0.05, 0.1) is 23.1 Å². The summed E-state index contributed by atoms with van der Waals surface area (Å²) >= 11 is 0. The Bertz CT molecular complexity index is 996. The van der Waals surface area contributed by atoms with E-state index in [0.717, 1.165) is 5.56 Å². The van der Waals surface area contributed by atoms with Crippen molar-refractivity contribution in [2.45, 2.75) is 6.04 Å². The van der Waals surface area contributed by atoms with E-state index in [4.69, 9.17) is 0 Å². The molecule has 0 aliphatic carbocycles. The molecule has 0 bridgehead atoms. The first-order valence-electron chi connectivity index (χ1n) is 8.80. The summed E-state index contributed by atoms with van der Waals surface area (Å²) < 4.78 is 0. The van der Waals surface area contributed by atoms with Crippen LogP contribution in [0.1, 0.15) is 17.2 Å². The van der Waals surface area contributed by atoms with Gasteiger partial charge in [0.25, 0.3) is 11.6 Å².